The number of hydrogen-bond acceptors (Lipinski definition) is 3. The van der Waals surface area contributed by atoms with Crippen LogP contribution in [0.5, 0.6) is 5.75 Å². The van der Waals surface area contributed by atoms with E-state index in [1.807, 2.05) is 6.07 Å². The number of aromatic hydroxyl groups is 1. The van der Waals surface area contributed by atoms with Crippen molar-refractivity contribution in [2.24, 2.45) is 0 Å². The van der Waals surface area contributed by atoms with Crippen molar-refractivity contribution in [2.45, 2.75) is 0 Å². The second-order valence-corrected chi connectivity index (χ2v) is 2.73. The maximum atomic E-state index is 9.06. The summed E-state index contributed by atoms with van der Waals surface area (Å²) in [6, 6.07) is 8.62. The summed E-state index contributed by atoms with van der Waals surface area (Å²) >= 11 is 0. The fourth-order valence-corrected chi connectivity index (χ4v) is 1.12. The minimum atomic E-state index is 0.246. The molecule has 0 unspecified atom stereocenters. The Morgan fingerprint density at radius 2 is 1.85 bits per heavy atom. The predicted molar refractivity (Wildman–Crippen MR) is 49.5 cm³/mol. The standard InChI is InChI=1S/C9H9N3O/c10-12-6-5-9(11-12)7-1-3-8(13)4-2-7/h1-6,13H,10H2. The number of nitrogen functional groups attached to an aromatic ring is 1. The smallest absolute Gasteiger partial charge is 0.115 e. The van der Waals surface area contributed by atoms with E-state index in [1.165, 1.54) is 4.79 Å². The number of benzene rings is 1. The summed E-state index contributed by atoms with van der Waals surface area (Å²) in [5.41, 5.74) is 1.73. The molecule has 3 N–H and O–H groups in total. The molecular weight excluding hydrogens is 166 g/mol. The van der Waals surface area contributed by atoms with Gasteiger partial charge in [0, 0.05) is 11.8 Å². The first kappa shape index (κ1) is 7.67. The second-order valence-electron chi connectivity index (χ2n) is 2.73. The average Bonchev–Trinajstić information content (AvgIpc) is 2.53. The molecule has 0 fully saturated rings. The van der Waals surface area contributed by atoms with Gasteiger partial charge in [-0.15, -0.1) is 0 Å². The molecule has 1 heterocycles. The Bertz CT molecular complexity index is 405. The van der Waals surface area contributed by atoms with Gasteiger partial charge in [0.1, 0.15) is 5.75 Å². The molecule has 0 aliphatic carbocycles. The van der Waals surface area contributed by atoms with Gasteiger partial charge in [-0.3, -0.25) is 0 Å². The van der Waals surface area contributed by atoms with Crippen LogP contribution in [0, 0.1) is 0 Å². The summed E-state index contributed by atoms with van der Waals surface area (Å²) in [7, 11) is 0. The second kappa shape index (κ2) is 2.82. The van der Waals surface area contributed by atoms with Gasteiger partial charge in [0.05, 0.1) is 5.69 Å². The Kier molecular flexibility index (Phi) is 1.66. The van der Waals surface area contributed by atoms with Crippen molar-refractivity contribution in [3.63, 3.8) is 0 Å². The molecule has 0 spiro atoms. The summed E-state index contributed by atoms with van der Waals surface area (Å²) in [6.45, 7) is 0. The van der Waals surface area contributed by atoms with Crippen LogP contribution in [0.25, 0.3) is 11.3 Å². The van der Waals surface area contributed by atoms with Gasteiger partial charge in [0.25, 0.3) is 0 Å². The Morgan fingerprint density at radius 3 is 2.38 bits per heavy atom. The molecule has 0 aliphatic heterocycles. The molecule has 2 rings (SSSR count). The van der Waals surface area contributed by atoms with E-state index in [-0.39, 0.29) is 5.75 Å². The highest BCUT2D eigenvalue weighted by molar-refractivity contribution is 5.59. The number of nitrogens with two attached hydrogens (primary N) is 1. The lowest BCUT2D eigenvalue weighted by Gasteiger charge is -1.95. The van der Waals surface area contributed by atoms with Crippen molar-refractivity contribution in [1.82, 2.24) is 9.89 Å². The maximum absolute atomic E-state index is 9.06. The van der Waals surface area contributed by atoms with E-state index in [1.54, 1.807) is 30.5 Å². The van der Waals surface area contributed by atoms with Crippen LogP contribution < -0.4 is 5.84 Å². The maximum Gasteiger partial charge on any atom is 0.115 e. The normalized spacial score (nSPS) is 10.2. The fourth-order valence-electron chi connectivity index (χ4n) is 1.12. The van der Waals surface area contributed by atoms with Gasteiger partial charge in [-0.05, 0) is 30.3 Å². The molecule has 0 radical (unpaired) electrons. The first-order valence-electron chi connectivity index (χ1n) is 3.86. The SMILES string of the molecule is Nn1ccc(-c2ccc(O)cc2)n1. The largest absolute Gasteiger partial charge is 0.508 e. The van der Waals surface area contributed by atoms with Gasteiger partial charge < -0.3 is 10.9 Å². The summed E-state index contributed by atoms with van der Waals surface area (Å²) in [5.74, 6) is 5.65. The summed E-state index contributed by atoms with van der Waals surface area (Å²) < 4.78 is 0. The van der Waals surface area contributed by atoms with Gasteiger partial charge in [-0.25, -0.2) is 0 Å². The number of phenolic OH excluding ortho intramolecular Hbond substituents is 1. The number of nitrogens with zero attached hydrogens (tertiary/aromatic N) is 2. The first-order valence-corrected chi connectivity index (χ1v) is 3.86. The van der Waals surface area contributed by atoms with Crippen molar-refractivity contribution in [3.05, 3.63) is 36.5 Å². The van der Waals surface area contributed by atoms with Crippen molar-refractivity contribution in [1.29, 1.82) is 0 Å². The zero-order chi connectivity index (χ0) is 9.26. The molecule has 0 amide bonds. The summed E-state index contributed by atoms with van der Waals surface area (Å²) in [6.07, 6.45) is 1.67. The van der Waals surface area contributed by atoms with Crippen LogP contribution in [0.15, 0.2) is 36.5 Å². The van der Waals surface area contributed by atoms with Gasteiger partial charge in [0.2, 0.25) is 0 Å². The molecule has 66 valence electrons. The molecule has 1 aromatic carbocycles. The molecule has 2 aromatic rings. The average molecular weight is 175 g/mol. The molecule has 4 heteroatoms. The van der Waals surface area contributed by atoms with Crippen molar-refractivity contribution in [2.75, 3.05) is 5.84 Å². The van der Waals surface area contributed by atoms with Crippen LogP contribution in [-0.2, 0) is 0 Å². The summed E-state index contributed by atoms with van der Waals surface area (Å²) in [4.78, 5) is 1.25. The highest BCUT2D eigenvalue weighted by Crippen LogP contribution is 2.19. The first-order chi connectivity index (χ1) is 6.25. The van der Waals surface area contributed by atoms with E-state index < -0.39 is 0 Å². The molecule has 0 aliphatic rings. The molecule has 0 saturated heterocycles. The van der Waals surface area contributed by atoms with Crippen molar-refractivity contribution >= 4 is 0 Å². The number of phenols is 1. The highest BCUT2D eigenvalue weighted by atomic mass is 16.3. The van der Waals surface area contributed by atoms with E-state index in [9.17, 15) is 0 Å². The van der Waals surface area contributed by atoms with Gasteiger partial charge in [-0.2, -0.15) is 9.89 Å². The molecule has 0 saturated carbocycles. The van der Waals surface area contributed by atoms with E-state index in [0.717, 1.165) is 11.3 Å². The fraction of sp³-hybridized carbons (Fsp3) is 0. The number of hydrogen-bond donors (Lipinski definition) is 2. The Labute approximate surface area is 75.2 Å². The summed E-state index contributed by atoms with van der Waals surface area (Å²) in [5, 5.41) is 13.1. The number of aromatic nitrogens is 2. The molecule has 1 aromatic heterocycles. The molecule has 0 bridgehead atoms. The minimum Gasteiger partial charge on any atom is -0.508 e. The monoisotopic (exact) mass is 175 g/mol. The lowest BCUT2D eigenvalue weighted by atomic mass is 10.1. The lowest BCUT2D eigenvalue weighted by molar-refractivity contribution is 0.475. The molecular formula is C9H9N3O. The third kappa shape index (κ3) is 1.46. The van der Waals surface area contributed by atoms with Gasteiger partial charge in [-0.1, -0.05) is 0 Å². The Balaban J connectivity index is 2.41. The minimum absolute atomic E-state index is 0.246. The van der Waals surface area contributed by atoms with Crippen molar-refractivity contribution in [3.8, 4) is 17.0 Å². The van der Waals surface area contributed by atoms with Crippen LogP contribution in [-0.4, -0.2) is 15.0 Å². The van der Waals surface area contributed by atoms with E-state index in [0.29, 0.717) is 0 Å². The quantitative estimate of drug-likeness (QED) is 0.635. The van der Waals surface area contributed by atoms with E-state index >= 15 is 0 Å². The van der Waals surface area contributed by atoms with Crippen LogP contribution in [0.2, 0.25) is 0 Å². The highest BCUT2D eigenvalue weighted by Gasteiger charge is 1.99. The Morgan fingerprint density at radius 1 is 1.15 bits per heavy atom. The van der Waals surface area contributed by atoms with E-state index in [2.05, 4.69) is 5.10 Å². The zero-order valence-electron chi connectivity index (χ0n) is 6.88. The topological polar surface area (TPSA) is 64.1 Å². The zero-order valence-corrected chi connectivity index (χ0v) is 6.88. The molecule has 0 atom stereocenters. The van der Waals surface area contributed by atoms with Crippen LogP contribution in [0.3, 0.4) is 0 Å². The molecule has 13 heavy (non-hydrogen) atoms. The van der Waals surface area contributed by atoms with Crippen LogP contribution in [0.1, 0.15) is 0 Å². The number of rotatable bonds is 1. The van der Waals surface area contributed by atoms with E-state index in [4.69, 9.17) is 10.9 Å². The van der Waals surface area contributed by atoms with Gasteiger partial charge >= 0.3 is 0 Å². The van der Waals surface area contributed by atoms with Gasteiger partial charge in [0.15, 0.2) is 0 Å². The molecule has 4 nitrogen and oxygen atoms in total. The van der Waals surface area contributed by atoms with Crippen LogP contribution in [0.4, 0.5) is 0 Å². The third-order valence-electron chi connectivity index (χ3n) is 1.77. The van der Waals surface area contributed by atoms with Crippen LogP contribution >= 0.6 is 0 Å². The third-order valence-corrected chi connectivity index (χ3v) is 1.77. The lowest BCUT2D eigenvalue weighted by Crippen LogP contribution is -2.07. The van der Waals surface area contributed by atoms with Crippen molar-refractivity contribution < 1.29 is 5.11 Å². The Hall–Kier alpha value is -1.97. The predicted octanol–water partition coefficient (Wildman–Crippen LogP) is 0.969.